The third-order valence-corrected chi connectivity index (χ3v) is 3.77. The molecule has 0 aliphatic rings. The number of carbonyl (C=O) groups excluding carboxylic acids is 2. The lowest BCUT2D eigenvalue weighted by Gasteiger charge is -2.14. The monoisotopic (exact) mass is 341 g/mol. The van der Waals surface area contributed by atoms with E-state index in [1.165, 1.54) is 0 Å². The summed E-state index contributed by atoms with van der Waals surface area (Å²) in [5, 5.41) is 2.70. The number of hydrogen-bond acceptors (Lipinski definition) is 4. The first-order valence-corrected chi connectivity index (χ1v) is 8.12. The van der Waals surface area contributed by atoms with E-state index in [1.807, 2.05) is 57.2 Å². The van der Waals surface area contributed by atoms with Crippen LogP contribution in [0.5, 0.6) is 5.75 Å². The number of aryl methyl sites for hydroxylation is 3. The van der Waals surface area contributed by atoms with E-state index in [4.69, 9.17) is 9.47 Å². The second-order valence-electron chi connectivity index (χ2n) is 6.03. The van der Waals surface area contributed by atoms with Crippen LogP contribution in [-0.2, 0) is 14.3 Å². The summed E-state index contributed by atoms with van der Waals surface area (Å²) in [6.07, 6.45) is -0.795. The van der Waals surface area contributed by atoms with Crippen LogP contribution < -0.4 is 10.1 Å². The molecule has 0 spiro atoms. The van der Waals surface area contributed by atoms with Crippen LogP contribution in [0.15, 0.2) is 42.5 Å². The molecule has 2 aromatic carbocycles. The van der Waals surface area contributed by atoms with Crippen LogP contribution in [0.1, 0.15) is 23.6 Å². The van der Waals surface area contributed by atoms with E-state index in [2.05, 4.69) is 5.32 Å². The highest BCUT2D eigenvalue weighted by molar-refractivity contribution is 5.93. The van der Waals surface area contributed by atoms with Gasteiger partial charge < -0.3 is 14.8 Å². The largest absolute Gasteiger partial charge is 0.479 e. The van der Waals surface area contributed by atoms with Gasteiger partial charge in [-0.2, -0.15) is 0 Å². The number of carbonyl (C=O) groups is 2. The first-order valence-electron chi connectivity index (χ1n) is 8.12. The van der Waals surface area contributed by atoms with Crippen LogP contribution >= 0.6 is 0 Å². The minimum Gasteiger partial charge on any atom is -0.479 e. The predicted molar refractivity (Wildman–Crippen MR) is 96.8 cm³/mol. The highest BCUT2D eigenvalue weighted by atomic mass is 16.6. The molecule has 2 aromatic rings. The fourth-order valence-corrected chi connectivity index (χ4v) is 2.21. The van der Waals surface area contributed by atoms with Crippen LogP contribution in [0.3, 0.4) is 0 Å². The van der Waals surface area contributed by atoms with Crippen molar-refractivity contribution in [2.24, 2.45) is 0 Å². The molecule has 0 radical (unpaired) electrons. The lowest BCUT2D eigenvalue weighted by molar-refractivity contribution is -0.153. The van der Waals surface area contributed by atoms with Gasteiger partial charge in [0.2, 0.25) is 0 Å². The van der Waals surface area contributed by atoms with Gasteiger partial charge in [0.15, 0.2) is 12.7 Å². The minimum absolute atomic E-state index is 0.354. The summed E-state index contributed by atoms with van der Waals surface area (Å²) < 4.78 is 10.5. The van der Waals surface area contributed by atoms with Gasteiger partial charge in [-0.25, -0.2) is 4.79 Å². The molecule has 0 saturated carbocycles. The van der Waals surface area contributed by atoms with Crippen LogP contribution in [0.4, 0.5) is 5.69 Å². The topological polar surface area (TPSA) is 64.6 Å². The number of ether oxygens (including phenoxy) is 2. The molecule has 0 aliphatic heterocycles. The third-order valence-electron chi connectivity index (χ3n) is 3.77. The third kappa shape index (κ3) is 5.64. The molecule has 25 heavy (non-hydrogen) atoms. The van der Waals surface area contributed by atoms with Crippen LogP contribution in [0.25, 0.3) is 0 Å². The molecular formula is C20H23NO4. The molecule has 0 heterocycles. The Kier molecular flexibility index (Phi) is 6.17. The number of amides is 1. The summed E-state index contributed by atoms with van der Waals surface area (Å²) in [6, 6.07) is 13.0. The second kappa shape index (κ2) is 8.33. The van der Waals surface area contributed by atoms with Crippen LogP contribution in [0.2, 0.25) is 0 Å². The van der Waals surface area contributed by atoms with Crippen LogP contribution in [0, 0.1) is 20.8 Å². The Hall–Kier alpha value is -2.82. The average Bonchev–Trinajstić information content (AvgIpc) is 2.56. The van der Waals surface area contributed by atoms with Crippen molar-refractivity contribution < 1.29 is 19.1 Å². The molecule has 1 N–H and O–H groups in total. The highest BCUT2D eigenvalue weighted by Gasteiger charge is 2.18. The van der Waals surface area contributed by atoms with Gasteiger partial charge in [-0.1, -0.05) is 18.2 Å². The van der Waals surface area contributed by atoms with E-state index in [0.717, 1.165) is 16.7 Å². The van der Waals surface area contributed by atoms with Gasteiger partial charge >= 0.3 is 5.97 Å². The predicted octanol–water partition coefficient (Wildman–Crippen LogP) is 3.56. The Bertz CT molecular complexity index is 770. The highest BCUT2D eigenvalue weighted by Crippen LogP contribution is 2.15. The fraction of sp³-hybridized carbons (Fsp3) is 0.300. The van der Waals surface area contributed by atoms with Gasteiger partial charge in [-0.3, -0.25) is 4.79 Å². The first kappa shape index (κ1) is 18.5. The smallest absolute Gasteiger partial charge is 0.347 e. The summed E-state index contributed by atoms with van der Waals surface area (Å²) in [5.74, 6) is -0.389. The van der Waals surface area contributed by atoms with Crippen LogP contribution in [-0.4, -0.2) is 24.6 Å². The molecule has 2 rings (SSSR count). The quantitative estimate of drug-likeness (QED) is 0.816. The van der Waals surface area contributed by atoms with Gasteiger partial charge in [0, 0.05) is 5.69 Å². The maximum atomic E-state index is 12.0. The number of hydrogen-bond donors (Lipinski definition) is 1. The molecule has 1 amide bonds. The van der Waals surface area contributed by atoms with Gasteiger partial charge in [-0.05, 0) is 68.7 Å². The lowest BCUT2D eigenvalue weighted by atomic mass is 10.1. The number of anilines is 1. The molecule has 0 bridgehead atoms. The maximum absolute atomic E-state index is 12.0. The molecule has 0 aliphatic carbocycles. The Morgan fingerprint density at radius 2 is 1.80 bits per heavy atom. The lowest BCUT2D eigenvalue weighted by Crippen LogP contribution is -2.29. The second-order valence-corrected chi connectivity index (χ2v) is 6.03. The van der Waals surface area contributed by atoms with E-state index in [1.54, 1.807) is 13.0 Å². The summed E-state index contributed by atoms with van der Waals surface area (Å²) in [5.41, 5.74) is 3.93. The van der Waals surface area contributed by atoms with Crippen molar-refractivity contribution in [3.63, 3.8) is 0 Å². The zero-order valence-electron chi connectivity index (χ0n) is 15.0. The average molecular weight is 341 g/mol. The molecule has 0 unspecified atom stereocenters. The van der Waals surface area contributed by atoms with Gasteiger partial charge in [0.05, 0.1) is 0 Å². The Morgan fingerprint density at radius 3 is 2.48 bits per heavy atom. The van der Waals surface area contributed by atoms with Gasteiger partial charge in [-0.15, -0.1) is 0 Å². The molecule has 0 fully saturated rings. The minimum atomic E-state index is -0.795. The number of rotatable bonds is 6. The molecule has 5 nitrogen and oxygen atoms in total. The molecular weight excluding hydrogens is 318 g/mol. The fourth-order valence-electron chi connectivity index (χ4n) is 2.21. The van der Waals surface area contributed by atoms with Gasteiger partial charge in [0.1, 0.15) is 5.75 Å². The standard InChI is InChI=1S/C20H23NO4/c1-13-6-5-7-18(10-13)25-16(4)20(23)24-12-19(22)21-17-9-8-14(2)15(3)11-17/h5-11,16H,12H2,1-4H3,(H,21,22)/t16-/m0/s1. The van der Waals surface area contributed by atoms with Crippen molar-refractivity contribution >= 4 is 17.6 Å². The number of benzene rings is 2. The number of esters is 1. The van der Waals surface area contributed by atoms with Crippen molar-refractivity contribution in [1.82, 2.24) is 0 Å². The van der Waals surface area contributed by atoms with E-state index >= 15 is 0 Å². The summed E-state index contributed by atoms with van der Waals surface area (Å²) in [4.78, 5) is 23.9. The van der Waals surface area contributed by atoms with E-state index in [-0.39, 0.29) is 12.5 Å². The summed E-state index contributed by atoms with van der Waals surface area (Å²) >= 11 is 0. The van der Waals surface area contributed by atoms with Crippen molar-refractivity contribution in [3.05, 3.63) is 59.2 Å². The Balaban J connectivity index is 1.82. The SMILES string of the molecule is Cc1cccc(O[C@@H](C)C(=O)OCC(=O)Nc2ccc(C)c(C)c2)c1. The molecule has 0 aromatic heterocycles. The van der Waals surface area contributed by atoms with E-state index < -0.39 is 12.1 Å². The Labute approximate surface area is 148 Å². The number of nitrogens with one attached hydrogen (secondary N) is 1. The van der Waals surface area contributed by atoms with E-state index in [9.17, 15) is 9.59 Å². The van der Waals surface area contributed by atoms with Gasteiger partial charge in [0.25, 0.3) is 5.91 Å². The zero-order valence-corrected chi connectivity index (χ0v) is 15.0. The van der Waals surface area contributed by atoms with Crippen molar-refractivity contribution in [2.45, 2.75) is 33.8 Å². The zero-order chi connectivity index (χ0) is 18.4. The maximum Gasteiger partial charge on any atom is 0.347 e. The molecule has 132 valence electrons. The Morgan fingerprint density at radius 1 is 1.04 bits per heavy atom. The first-order chi connectivity index (χ1) is 11.8. The van der Waals surface area contributed by atoms with Crippen molar-refractivity contribution in [2.75, 3.05) is 11.9 Å². The normalized spacial score (nSPS) is 11.5. The van der Waals surface area contributed by atoms with Crippen molar-refractivity contribution in [3.8, 4) is 5.75 Å². The molecule has 5 heteroatoms. The summed E-state index contributed by atoms with van der Waals surface area (Å²) in [6.45, 7) is 7.14. The molecule has 0 saturated heterocycles. The van der Waals surface area contributed by atoms with E-state index in [0.29, 0.717) is 11.4 Å². The van der Waals surface area contributed by atoms with Crippen molar-refractivity contribution in [1.29, 1.82) is 0 Å². The molecule has 1 atom stereocenters. The summed E-state index contributed by atoms with van der Waals surface area (Å²) in [7, 11) is 0.